The zero-order valence-corrected chi connectivity index (χ0v) is 14.0. The molecule has 1 atom stereocenters. The van der Waals surface area contributed by atoms with Crippen molar-refractivity contribution < 1.29 is 0 Å². The number of halogens is 1. The minimum atomic E-state index is 0.283. The molecule has 0 bridgehead atoms. The molecule has 4 rings (SSSR count). The average Bonchev–Trinajstić information content (AvgIpc) is 3.26. The fourth-order valence-corrected chi connectivity index (χ4v) is 3.76. The van der Waals surface area contributed by atoms with E-state index in [-0.39, 0.29) is 5.92 Å². The first-order valence-electron chi connectivity index (χ1n) is 7.52. The van der Waals surface area contributed by atoms with Crippen LogP contribution in [0.3, 0.4) is 0 Å². The van der Waals surface area contributed by atoms with Gasteiger partial charge in [-0.2, -0.15) is 5.10 Å². The second-order valence-corrected chi connectivity index (χ2v) is 6.87. The number of hydrogen-bond donors (Lipinski definition) is 0. The summed E-state index contributed by atoms with van der Waals surface area (Å²) in [5.41, 5.74) is 3.51. The SMILES string of the molecule is Clc1ccc(N2CC(c3ccccc3)C(c3cccs3)=N2)cc1. The Labute approximate surface area is 144 Å². The van der Waals surface area contributed by atoms with E-state index in [1.807, 2.05) is 24.3 Å². The van der Waals surface area contributed by atoms with Crippen molar-refractivity contribution in [3.05, 3.63) is 87.6 Å². The van der Waals surface area contributed by atoms with Gasteiger partial charge in [0.2, 0.25) is 0 Å². The van der Waals surface area contributed by atoms with Crippen molar-refractivity contribution in [3.8, 4) is 0 Å². The molecule has 1 aliphatic rings. The largest absolute Gasteiger partial charge is 0.264 e. The Bertz CT molecular complexity index is 810. The van der Waals surface area contributed by atoms with Gasteiger partial charge in [-0.15, -0.1) is 11.3 Å². The van der Waals surface area contributed by atoms with Crippen LogP contribution in [0.25, 0.3) is 0 Å². The molecular formula is C19H15ClN2S. The van der Waals surface area contributed by atoms with Crippen molar-refractivity contribution in [1.82, 2.24) is 0 Å². The summed E-state index contributed by atoms with van der Waals surface area (Å²) in [5, 5.41) is 9.83. The van der Waals surface area contributed by atoms with Crippen LogP contribution in [0.15, 0.2) is 77.2 Å². The molecule has 0 saturated heterocycles. The number of nitrogens with zero attached hydrogens (tertiary/aromatic N) is 2. The maximum Gasteiger partial charge on any atom is 0.0874 e. The van der Waals surface area contributed by atoms with Gasteiger partial charge >= 0.3 is 0 Å². The number of hydrogen-bond acceptors (Lipinski definition) is 3. The lowest BCUT2D eigenvalue weighted by Crippen LogP contribution is -2.17. The summed E-state index contributed by atoms with van der Waals surface area (Å²) in [5.74, 6) is 0.283. The molecule has 3 aromatic rings. The summed E-state index contributed by atoms with van der Waals surface area (Å²) >= 11 is 7.74. The summed E-state index contributed by atoms with van der Waals surface area (Å²) in [7, 11) is 0. The third-order valence-corrected chi connectivity index (χ3v) is 5.16. The first-order chi connectivity index (χ1) is 11.3. The Hall–Kier alpha value is -2.10. The van der Waals surface area contributed by atoms with E-state index < -0.39 is 0 Å². The first kappa shape index (κ1) is 14.5. The molecule has 0 radical (unpaired) electrons. The molecule has 114 valence electrons. The van der Waals surface area contributed by atoms with Gasteiger partial charge < -0.3 is 0 Å². The third-order valence-electron chi connectivity index (χ3n) is 4.01. The fraction of sp³-hybridized carbons (Fsp3) is 0.105. The Balaban J connectivity index is 1.73. The van der Waals surface area contributed by atoms with Crippen LogP contribution in [0, 0.1) is 0 Å². The van der Waals surface area contributed by atoms with E-state index in [2.05, 4.69) is 52.9 Å². The number of thiophene rings is 1. The van der Waals surface area contributed by atoms with Gasteiger partial charge in [0.25, 0.3) is 0 Å². The molecule has 2 aromatic carbocycles. The molecule has 0 fully saturated rings. The van der Waals surface area contributed by atoms with E-state index in [4.69, 9.17) is 16.7 Å². The van der Waals surface area contributed by atoms with Crippen LogP contribution in [-0.4, -0.2) is 12.3 Å². The molecule has 2 nitrogen and oxygen atoms in total. The molecule has 1 unspecified atom stereocenters. The van der Waals surface area contributed by atoms with Crippen LogP contribution >= 0.6 is 22.9 Å². The van der Waals surface area contributed by atoms with Crippen molar-refractivity contribution in [2.75, 3.05) is 11.6 Å². The van der Waals surface area contributed by atoms with Gasteiger partial charge in [-0.25, -0.2) is 0 Å². The Kier molecular flexibility index (Phi) is 3.90. The highest BCUT2D eigenvalue weighted by atomic mass is 35.5. The summed E-state index contributed by atoms with van der Waals surface area (Å²) in [6.45, 7) is 0.846. The van der Waals surface area contributed by atoms with E-state index in [0.717, 1.165) is 23.0 Å². The van der Waals surface area contributed by atoms with Crippen molar-refractivity contribution in [1.29, 1.82) is 0 Å². The van der Waals surface area contributed by atoms with Crippen LogP contribution in [0.2, 0.25) is 5.02 Å². The second-order valence-electron chi connectivity index (χ2n) is 5.48. The molecule has 1 aromatic heterocycles. The van der Waals surface area contributed by atoms with Crippen molar-refractivity contribution in [2.45, 2.75) is 5.92 Å². The highest BCUT2D eigenvalue weighted by Gasteiger charge is 2.30. The smallest absolute Gasteiger partial charge is 0.0874 e. The minimum Gasteiger partial charge on any atom is -0.264 e. The number of rotatable bonds is 3. The molecule has 23 heavy (non-hydrogen) atoms. The molecule has 1 aliphatic heterocycles. The Morgan fingerprint density at radius 2 is 1.74 bits per heavy atom. The summed E-state index contributed by atoms with van der Waals surface area (Å²) in [6.07, 6.45) is 0. The van der Waals surface area contributed by atoms with Gasteiger partial charge in [0.05, 0.1) is 22.8 Å². The van der Waals surface area contributed by atoms with E-state index in [0.29, 0.717) is 0 Å². The summed E-state index contributed by atoms with van der Waals surface area (Å²) in [4.78, 5) is 1.23. The van der Waals surface area contributed by atoms with E-state index in [1.165, 1.54) is 10.4 Å². The Morgan fingerprint density at radius 1 is 0.957 bits per heavy atom. The van der Waals surface area contributed by atoms with Gasteiger partial charge in [0.1, 0.15) is 0 Å². The highest BCUT2D eigenvalue weighted by Crippen LogP contribution is 2.33. The molecular weight excluding hydrogens is 324 g/mol. The lowest BCUT2D eigenvalue weighted by Gasteiger charge is -2.16. The van der Waals surface area contributed by atoms with E-state index >= 15 is 0 Å². The average molecular weight is 339 g/mol. The maximum atomic E-state index is 6.00. The minimum absolute atomic E-state index is 0.283. The van der Waals surface area contributed by atoms with E-state index in [9.17, 15) is 0 Å². The van der Waals surface area contributed by atoms with Crippen molar-refractivity contribution in [3.63, 3.8) is 0 Å². The zero-order chi connectivity index (χ0) is 15.6. The van der Waals surface area contributed by atoms with Crippen LogP contribution in [0.4, 0.5) is 5.69 Å². The molecule has 4 heteroatoms. The normalized spacial score (nSPS) is 17.3. The monoisotopic (exact) mass is 338 g/mol. The standard InChI is InChI=1S/C19H15ClN2S/c20-15-8-10-16(11-9-15)22-13-17(14-5-2-1-3-6-14)19(21-22)18-7-4-12-23-18/h1-12,17H,13H2. The molecule has 0 N–H and O–H groups in total. The van der Waals surface area contributed by atoms with Gasteiger partial charge in [0.15, 0.2) is 0 Å². The highest BCUT2D eigenvalue weighted by molar-refractivity contribution is 7.12. The molecule has 0 saturated carbocycles. The molecule has 2 heterocycles. The van der Waals surface area contributed by atoms with Crippen LogP contribution in [-0.2, 0) is 0 Å². The lowest BCUT2D eigenvalue weighted by atomic mass is 9.94. The molecule has 0 aliphatic carbocycles. The number of benzene rings is 2. The quantitative estimate of drug-likeness (QED) is 0.623. The number of anilines is 1. The molecule has 0 amide bonds. The predicted octanol–water partition coefficient (Wildman–Crippen LogP) is 5.41. The first-order valence-corrected chi connectivity index (χ1v) is 8.77. The van der Waals surface area contributed by atoms with Crippen LogP contribution in [0.5, 0.6) is 0 Å². The van der Waals surface area contributed by atoms with Gasteiger partial charge in [-0.05, 0) is 41.3 Å². The summed E-state index contributed by atoms with van der Waals surface area (Å²) < 4.78 is 0. The van der Waals surface area contributed by atoms with E-state index in [1.54, 1.807) is 11.3 Å². The topological polar surface area (TPSA) is 15.6 Å². The molecule has 0 spiro atoms. The fourth-order valence-electron chi connectivity index (χ4n) is 2.87. The Morgan fingerprint density at radius 3 is 2.43 bits per heavy atom. The summed E-state index contributed by atoms with van der Waals surface area (Å²) in [6, 6.07) is 22.7. The predicted molar refractivity (Wildman–Crippen MR) is 98.8 cm³/mol. The zero-order valence-electron chi connectivity index (χ0n) is 12.4. The van der Waals surface area contributed by atoms with Crippen molar-refractivity contribution >= 4 is 34.3 Å². The third kappa shape index (κ3) is 2.90. The van der Waals surface area contributed by atoms with Crippen molar-refractivity contribution in [2.24, 2.45) is 5.10 Å². The van der Waals surface area contributed by atoms with Gasteiger partial charge in [0, 0.05) is 10.9 Å². The lowest BCUT2D eigenvalue weighted by molar-refractivity contribution is 0.851. The van der Waals surface area contributed by atoms with Gasteiger partial charge in [-0.3, -0.25) is 5.01 Å². The van der Waals surface area contributed by atoms with Crippen LogP contribution < -0.4 is 5.01 Å². The maximum absolute atomic E-state index is 6.00. The van der Waals surface area contributed by atoms with Gasteiger partial charge in [-0.1, -0.05) is 48.0 Å². The van der Waals surface area contributed by atoms with Crippen LogP contribution in [0.1, 0.15) is 16.4 Å². The second kappa shape index (κ2) is 6.19. The number of hydrazone groups is 1.